The predicted molar refractivity (Wildman–Crippen MR) is 99.7 cm³/mol. The zero-order valence-electron chi connectivity index (χ0n) is 13.0. The van der Waals surface area contributed by atoms with E-state index in [0.29, 0.717) is 26.7 Å². The second kappa shape index (κ2) is 6.14. The van der Waals surface area contributed by atoms with E-state index in [4.69, 9.17) is 23.2 Å². The minimum Gasteiger partial charge on any atom is -0.293 e. The van der Waals surface area contributed by atoms with Crippen molar-refractivity contribution >= 4 is 34.8 Å². The van der Waals surface area contributed by atoms with Gasteiger partial charge in [0.25, 0.3) is 0 Å². The van der Waals surface area contributed by atoms with Crippen LogP contribution >= 0.6 is 23.2 Å². The van der Waals surface area contributed by atoms with Gasteiger partial charge in [0.1, 0.15) is 5.92 Å². The molecule has 3 aromatic rings. The molecule has 1 unspecified atom stereocenters. The average Bonchev–Trinajstić information content (AvgIpc) is 2.87. The summed E-state index contributed by atoms with van der Waals surface area (Å²) in [6.07, 6.45) is 0. The number of rotatable bonds is 2. The van der Waals surface area contributed by atoms with E-state index in [1.54, 1.807) is 30.3 Å². The van der Waals surface area contributed by atoms with Crippen LogP contribution in [0.2, 0.25) is 10.0 Å². The third kappa shape index (κ3) is 2.58. The Balaban J connectivity index is 1.88. The van der Waals surface area contributed by atoms with Crippen molar-refractivity contribution in [3.63, 3.8) is 0 Å². The lowest BCUT2D eigenvalue weighted by Crippen LogP contribution is -2.13. The molecule has 4 heteroatoms. The molecule has 4 rings (SSSR count). The Labute approximate surface area is 155 Å². The lowest BCUT2D eigenvalue weighted by Gasteiger charge is -2.10. The van der Waals surface area contributed by atoms with Crippen LogP contribution in [0.4, 0.5) is 0 Å². The van der Waals surface area contributed by atoms with E-state index >= 15 is 0 Å². The van der Waals surface area contributed by atoms with Crippen molar-refractivity contribution in [1.29, 1.82) is 0 Å². The summed E-state index contributed by atoms with van der Waals surface area (Å²) in [7, 11) is 0. The Bertz CT molecular complexity index is 1010. The van der Waals surface area contributed by atoms with Gasteiger partial charge in [0.15, 0.2) is 11.6 Å². The van der Waals surface area contributed by atoms with Crippen molar-refractivity contribution in [2.45, 2.75) is 5.92 Å². The summed E-state index contributed by atoms with van der Waals surface area (Å²) in [6, 6.07) is 19.8. The number of fused-ring (bicyclic) bond motifs is 1. The number of benzene rings is 3. The maximum atomic E-state index is 13.1. The van der Waals surface area contributed by atoms with E-state index in [1.807, 2.05) is 36.4 Å². The third-order valence-corrected chi connectivity index (χ3v) is 5.02. The van der Waals surface area contributed by atoms with Gasteiger partial charge in [-0.05, 0) is 28.8 Å². The van der Waals surface area contributed by atoms with Gasteiger partial charge in [-0.3, -0.25) is 9.59 Å². The molecule has 25 heavy (non-hydrogen) atoms. The maximum absolute atomic E-state index is 13.1. The van der Waals surface area contributed by atoms with Crippen LogP contribution in [-0.2, 0) is 0 Å². The highest BCUT2D eigenvalue weighted by molar-refractivity contribution is 6.37. The zero-order valence-corrected chi connectivity index (χ0v) is 14.5. The van der Waals surface area contributed by atoms with Crippen LogP contribution in [-0.4, -0.2) is 11.6 Å². The molecule has 0 radical (unpaired) electrons. The van der Waals surface area contributed by atoms with E-state index in [0.717, 1.165) is 11.1 Å². The summed E-state index contributed by atoms with van der Waals surface area (Å²) >= 11 is 12.2. The lowest BCUT2D eigenvalue weighted by atomic mass is 9.93. The predicted octanol–water partition coefficient (Wildman–Crippen LogP) is 5.82. The molecule has 0 spiro atoms. The van der Waals surface area contributed by atoms with Crippen LogP contribution in [0.5, 0.6) is 0 Å². The van der Waals surface area contributed by atoms with E-state index < -0.39 is 5.92 Å². The summed E-state index contributed by atoms with van der Waals surface area (Å²) in [5.41, 5.74) is 3.08. The monoisotopic (exact) mass is 366 g/mol. The summed E-state index contributed by atoms with van der Waals surface area (Å²) in [4.78, 5) is 26.0. The molecule has 0 aliphatic heterocycles. The maximum Gasteiger partial charge on any atom is 0.179 e. The quantitative estimate of drug-likeness (QED) is 0.535. The topological polar surface area (TPSA) is 34.1 Å². The van der Waals surface area contributed by atoms with Crippen molar-refractivity contribution in [3.05, 3.63) is 93.5 Å². The van der Waals surface area contributed by atoms with Crippen molar-refractivity contribution in [2.75, 3.05) is 0 Å². The standard InChI is InChI=1S/C21H12Cl2O2/c22-13-9-10-15(17(23)11-13)19-20(24)16-8-4-7-14(18(16)21(19)25)12-5-2-1-3-6-12/h1-11,19H. The minimum absolute atomic E-state index is 0.219. The van der Waals surface area contributed by atoms with Gasteiger partial charge in [-0.1, -0.05) is 77.8 Å². The molecule has 0 saturated carbocycles. The molecule has 1 aliphatic carbocycles. The first-order chi connectivity index (χ1) is 12.1. The molecule has 2 nitrogen and oxygen atoms in total. The third-order valence-electron chi connectivity index (χ3n) is 4.46. The molecule has 122 valence electrons. The number of hydrogen-bond donors (Lipinski definition) is 0. The van der Waals surface area contributed by atoms with Crippen molar-refractivity contribution in [2.24, 2.45) is 0 Å². The van der Waals surface area contributed by atoms with Gasteiger partial charge >= 0.3 is 0 Å². The highest BCUT2D eigenvalue weighted by atomic mass is 35.5. The van der Waals surface area contributed by atoms with Gasteiger partial charge in [-0.25, -0.2) is 0 Å². The van der Waals surface area contributed by atoms with E-state index in [2.05, 4.69) is 0 Å². The number of carbonyl (C=O) groups excluding carboxylic acids is 2. The first-order valence-electron chi connectivity index (χ1n) is 7.79. The van der Waals surface area contributed by atoms with Crippen LogP contribution in [0.15, 0.2) is 66.7 Å². The molecular weight excluding hydrogens is 355 g/mol. The molecule has 0 N–H and O–H groups in total. The fourth-order valence-corrected chi connectivity index (χ4v) is 3.84. The van der Waals surface area contributed by atoms with Crippen molar-refractivity contribution < 1.29 is 9.59 Å². The second-order valence-corrected chi connectivity index (χ2v) is 6.77. The molecular formula is C21H12Cl2O2. The Morgan fingerprint density at radius 3 is 2.16 bits per heavy atom. The smallest absolute Gasteiger partial charge is 0.179 e. The SMILES string of the molecule is O=C1c2cccc(-c3ccccc3)c2C(=O)C1c1ccc(Cl)cc1Cl. The molecule has 0 amide bonds. The summed E-state index contributed by atoms with van der Waals surface area (Å²) in [5.74, 6) is -1.35. The number of hydrogen-bond acceptors (Lipinski definition) is 2. The van der Waals surface area contributed by atoms with E-state index in [-0.39, 0.29) is 11.6 Å². The minimum atomic E-state index is -0.912. The number of halogens is 2. The van der Waals surface area contributed by atoms with Gasteiger partial charge in [0, 0.05) is 21.2 Å². The molecule has 0 fully saturated rings. The average molecular weight is 367 g/mol. The van der Waals surface area contributed by atoms with Crippen LogP contribution in [0, 0.1) is 0 Å². The summed E-state index contributed by atoms with van der Waals surface area (Å²) in [5, 5.41) is 0.794. The second-order valence-electron chi connectivity index (χ2n) is 5.92. The van der Waals surface area contributed by atoms with E-state index in [9.17, 15) is 9.59 Å². The van der Waals surface area contributed by atoms with Crippen LogP contribution < -0.4 is 0 Å². The van der Waals surface area contributed by atoms with Gasteiger partial charge in [0.2, 0.25) is 0 Å². The summed E-state index contributed by atoms with van der Waals surface area (Å²) < 4.78 is 0. The molecule has 0 bridgehead atoms. The Hall–Kier alpha value is -2.42. The van der Waals surface area contributed by atoms with Gasteiger partial charge in [-0.2, -0.15) is 0 Å². The zero-order chi connectivity index (χ0) is 17.6. The Kier molecular flexibility index (Phi) is 3.95. The number of carbonyl (C=O) groups is 2. The Morgan fingerprint density at radius 1 is 0.720 bits per heavy atom. The normalized spacial score (nSPS) is 16.2. The lowest BCUT2D eigenvalue weighted by molar-refractivity contribution is 0.0890. The van der Waals surface area contributed by atoms with E-state index in [1.165, 1.54) is 0 Å². The van der Waals surface area contributed by atoms with Crippen molar-refractivity contribution in [3.8, 4) is 11.1 Å². The summed E-state index contributed by atoms with van der Waals surface area (Å²) in [6.45, 7) is 0. The van der Waals surface area contributed by atoms with Crippen molar-refractivity contribution in [1.82, 2.24) is 0 Å². The highest BCUT2D eigenvalue weighted by Crippen LogP contribution is 2.41. The number of Topliss-reactive ketones (excluding diaryl/α,β-unsaturated/α-hetero) is 2. The fraction of sp³-hybridized carbons (Fsp3) is 0.0476. The highest BCUT2D eigenvalue weighted by Gasteiger charge is 2.42. The molecule has 3 aromatic carbocycles. The molecule has 1 atom stereocenters. The van der Waals surface area contributed by atoms with Crippen LogP contribution in [0.25, 0.3) is 11.1 Å². The molecule has 0 saturated heterocycles. The molecule has 1 aliphatic rings. The Morgan fingerprint density at radius 2 is 1.44 bits per heavy atom. The van der Waals surface area contributed by atoms with Gasteiger partial charge in [-0.15, -0.1) is 0 Å². The van der Waals surface area contributed by atoms with Gasteiger partial charge < -0.3 is 0 Å². The van der Waals surface area contributed by atoms with Crippen LogP contribution in [0.1, 0.15) is 32.2 Å². The number of ketones is 2. The van der Waals surface area contributed by atoms with Crippen LogP contribution in [0.3, 0.4) is 0 Å². The van der Waals surface area contributed by atoms with Gasteiger partial charge in [0.05, 0.1) is 0 Å². The fourth-order valence-electron chi connectivity index (χ4n) is 3.32. The first kappa shape index (κ1) is 16.1. The largest absolute Gasteiger partial charge is 0.293 e. The molecule has 0 heterocycles. The first-order valence-corrected chi connectivity index (χ1v) is 8.55. The molecule has 0 aromatic heterocycles.